The third-order valence-electron chi connectivity index (χ3n) is 2.45. The molecular formula is C10H7N7O. The number of aromatic amines is 1. The number of hydrogen-bond donors (Lipinski definition) is 1. The minimum atomic E-state index is 0.247. The third-order valence-corrected chi connectivity index (χ3v) is 2.45. The van der Waals surface area contributed by atoms with Crippen molar-refractivity contribution in [2.75, 3.05) is 0 Å². The molecule has 88 valence electrons. The van der Waals surface area contributed by atoms with Crippen molar-refractivity contribution in [3.63, 3.8) is 0 Å². The van der Waals surface area contributed by atoms with Gasteiger partial charge in [-0.05, 0) is 0 Å². The van der Waals surface area contributed by atoms with E-state index in [1.165, 1.54) is 6.20 Å². The number of H-pyrrole nitrogens is 1. The zero-order valence-corrected chi connectivity index (χ0v) is 9.32. The molecule has 0 aliphatic rings. The van der Waals surface area contributed by atoms with Crippen LogP contribution in [0.1, 0.15) is 5.69 Å². The second-order valence-electron chi connectivity index (χ2n) is 3.58. The van der Waals surface area contributed by atoms with E-state index in [2.05, 4.69) is 25.3 Å². The molecule has 0 amide bonds. The Labute approximate surface area is 101 Å². The van der Waals surface area contributed by atoms with Crippen molar-refractivity contribution < 1.29 is 4.52 Å². The molecule has 0 bridgehead atoms. The van der Waals surface area contributed by atoms with Crippen LogP contribution in [0.4, 0.5) is 0 Å². The minimum Gasteiger partial charge on any atom is -0.333 e. The van der Waals surface area contributed by atoms with Gasteiger partial charge in [-0.2, -0.15) is 15.3 Å². The molecule has 3 aromatic rings. The highest BCUT2D eigenvalue weighted by molar-refractivity contribution is 5.61. The Bertz CT molecular complexity index is 729. The van der Waals surface area contributed by atoms with E-state index in [0.717, 1.165) is 5.69 Å². The number of hydrogen-bond acceptors (Lipinski definition) is 6. The Hall–Kier alpha value is -2.95. The van der Waals surface area contributed by atoms with Crippen LogP contribution < -0.4 is 0 Å². The first-order valence-corrected chi connectivity index (χ1v) is 5.04. The van der Waals surface area contributed by atoms with E-state index in [1.807, 2.05) is 13.1 Å². The number of aromatic nitrogens is 6. The van der Waals surface area contributed by atoms with Gasteiger partial charge in [-0.15, -0.1) is 0 Å². The van der Waals surface area contributed by atoms with Gasteiger partial charge in [-0.25, -0.2) is 4.98 Å². The van der Waals surface area contributed by atoms with Crippen molar-refractivity contribution >= 4 is 0 Å². The molecular weight excluding hydrogens is 234 g/mol. The number of aryl methyl sites for hydroxylation is 1. The van der Waals surface area contributed by atoms with Crippen LogP contribution in [-0.4, -0.2) is 29.9 Å². The lowest BCUT2D eigenvalue weighted by molar-refractivity contribution is 0.432. The van der Waals surface area contributed by atoms with E-state index in [4.69, 9.17) is 9.78 Å². The first-order chi connectivity index (χ1) is 8.79. The average Bonchev–Trinajstić information content (AvgIpc) is 3.06. The van der Waals surface area contributed by atoms with Gasteiger partial charge < -0.3 is 9.09 Å². The smallest absolute Gasteiger partial charge is 0.262 e. The van der Waals surface area contributed by atoms with Crippen molar-refractivity contribution in [1.29, 1.82) is 5.26 Å². The van der Waals surface area contributed by atoms with E-state index in [0.29, 0.717) is 11.4 Å². The molecule has 3 aromatic heterocycles. The number of nitrogens with one attached hydrogen (secondary N) is 1. The summed E-state index contributed by atoms with van der Waals surface area (Å²) in [5.41, 5.74) is 1.50. The summed E-state index contributed by atoms with van der Waals surface area (Å²) in [5.74, 6) is 0.659. The van der Waals surface area contributed by atoms with E-state index in [9.17, 15) is 0 Å². The van der Waals surface area contributed by atoms with Gasteiger partial charge in [0.1, 0.15) is 17.5 Å². The standard InChI is InChI=1S/C10H7N7O/c1-17-5-12-4-8(17)9-14-10(18-16-9)6-3-13-15-7(6)2-11/h3-5H,1H3,(H,13,15). The molecule has 0 unspecified atom stereocenters. The average molecular weight is 241 g/mol. The van der Waals surface area contributed by atoms with Gasteiger partial charge >= 0.3 is 0 Å². The Morgan fingerprint density at radius 2 is 2.33 bits per heavy atom. The fraction of sp³-hybridized carbons (Fsp3) is 0.100. The molecule has 3 heterocycles. The molecule has 8 nitrogen and oxygen atoms in total. The van der Waals surface area contributed by atoms with Gasteiger partial charge in [0.15, 0.2) is 0 Å². The summed E-state index contributed by atoms with van der Waals surface area (Å²) in [6.07, 6.45) is 4.75. The Kier molecular flexibility index (Phi) is 2.16. The van der Waals surface area contributed by atoms with Crippen LogP contribution in [-0.2, 0) is 7.05 Å². The quantitative estimate of drug-likeness (QED) is 0.708. The summed E-state index contributed by atoms with van der Waals surface area (Å²) < 4.78 is 6.89. The van der Waals surface area contributed by atoms with Crippen LogP contribution in [0.2, 0.25) is 0 Å². The van der Waals surface area contributed by atoms with Gasteiger partial charge in [0, 0.05) is 7.05 Å². The highest BCUT2D eigenvalue weighted by Crippen LogP contribution is 2.22. The van der Waals surface area contributed by atoms with Gasteiger partial charge in [0.25, 0.3) is 5.89 Å². The summed E-state index contributed by atoms with van der Waals surface area (Å²) in [6, 6.07) is 1.97. The molecule has 0 aliphatic heterocycles. The van der Waals surface area contributed by atoms with Crippen LogP contribution in [0.3, 0.4) is 0 Å². The fourth-order valence-corrected chi connectivity index (χ4v) is 1.54. The number of nitrogens with zero attached hydrogens (tertiary/aromatic N) is 6. The van der Waals surface area contributed by atoms with Crippen molar-refractivity contribution in [1.82, 2.24) is 29.9 Å². The fourth-order valence-electron chi connectivity index (χ4n) is 1.54. The second kappa shape index (κ2) is 3.81. The first kappa shape index (κ1) is 10.2. The first-order valence-electron chi connectivity index (χ1n) is 5.04. The Balaban J connectivity index is 2.06. The van der Waals surface area contributed by atoms with Gasteiger partial charge in [-0.3, -0.25) is 5.10 Å². The van der Waals surface area contributed by atoms with Crippen LogP contribution in [0.5, 0.6) is 0 Å². The van der Waals surface area contributed by atoms with Crippen molar-refractivity contribution in [2.24, 2.45) is 7.05 Å². The SMILES string of the molecule is Cn1cncc1-c1noc(-c2cn[nH]c2C#N)n1. The minimum absolute atomic E-state index is 0.247. The summed E-state index contributed by atoms with van der Waals surface area (Å²) >= 11 is 0. The highest BCUT2D eigenvalue weighted by atomic mass is 16.5. The predicted molar refractivity (Wildman–Crippen MR) is 58.8 cm³/mol. The van der Waals surface area contributed by atoms with Gasteiger partial charge in [0.05, 0.1) is 24.3 Å². The molecule has 0 aromatic carbocycles. The number of nitriles is 1. The maximum absolute atomic E-state index is 8.88. The zero-order valence-electron chi connectivity index (χ0n) is 9.32. The summed E-state index contributed by atoms with van der Waals surface area (Å²) in [7, 11) is 1.83. The molecule has 3 rings (SSSR count). The molecule has 0 aliphatic carbocycles. The maximum Gasteiger partial charge on any atom is 0.262 e. The molecule has 1 N–H and O–H groups in total. The second-order valence-corrected chi connectivity index (χ2v) is 3.58. The topological polar surface area (TPSA) is 109 Å². The molecule has 8 heteroatoms. The summed E-state index contributed by atoms with van der Waals surface area (Å²) in [4.78, 5) is 8.19. The molecule has 0 saturated carbocycles. The lowest BCUT2D eigenvalue weighted by atomic mass is 10.2. The lowest BCUT2D eigenvalue weighted by Gasteiger charge is -1.92. The van der Waals surface area contributed by atoms with E-state index in [1.54, 1.807) is 17.1 Å². The monoisotopic (exact) mass is 241 g/mol. The maximum atomic E-state index is 8.88. The number of imidazole rings is 1. The number of rotatable bonds is 2. The third kappa shape index (κ3) is 1.46. The molecule has 0 radical (unpaired) electrons. The molecule has 18 heavy (non-hydrogen) atoms. The molecule has 0 atom stereocenters. The lowest BCUT2D eigenvalue weighted by Crippen LogP contribution is -1.90. The largest absolute Gasteiger partial charge is 0.333 e. The van der Waals surface area contributed by atoms with Crippen molar-refractivity contribution in [3.05, 3.63) is 24.4 Å². The molecule has 0 fully saturated rings. The van der Waals surface area contributed by atoms with E-state index in [-0.39, 0.29) is 11.6 Å². The van der Waals surface area contributed by atoms with Crippen LogP contribution in [0, 0.1) is 11.3 Å². The zero-order chi connectivity index (χ0) is 12.5. The van der Waals surface area contributed by atoms with Gasteiger partial charge in [-0.1, -0.05) is 5.16 Å². The van der Waals surface area contributed by atoms with Crippen molar-refractivity contribution in [3.8, 4) is 29.0 Å². The van der Waals surface area contributed by atoms with Crippen molar-refractivity contribution in [2.45, 2.75) is 0 Å². The van der Waals surface area contributed by atoms with Gasteiger partial charge in [0.2, 0.25) is 5.82 Å². The normalized spacial score (nSPS) is 10.4. The Morgan fingerprint density at radius 1 is 1.44 bits per heavy atom. The molecule has 0 spiro atoms. The Morgan fingerprint density at radius 3 is 3.06 bits per heavy atom. The van der Waals surface area contributed by atoms with E-state index >= 15 is 0 Å². The van der Waals surface area contributed by atoms with E-state index < -0.39 is 0 Å². The highest BCUT2D eigenvalue weighted by Gasteiger charge is 2.16. The van der Waals surface area contributed by atoms with Crippen LogP contribution in [0.15, 0.2) is 23.2 Å². The predicted octanol–water partition coefficient (Wildman–Crippen LogP) is 0.732. The molecule has 0 saturated heterocycles. The summed E-state index contributed by atoms with van der Waals surface area (Å²) in [6.45, 7) is 0. The van der Waals surface area contributed by atoms with Crippen LogP contribution in [0.25, 0.3) is 23.0 Å². The summed E-state index contributed by atoms with van der Waals surface area (Å²) in [5, 5.41) is 19.1. The van der Waals surface area contributed by atoms with Crippen LogP contribution >= 0.6 is 0 Å².